The van der Waals surface area contributed by atoms with Crippen molar-refractivity contribution in [3.63, 3.8) is 0 Å². The smallest absolute Gasteiger partial charge is 0.257 e. The van der Waals surface area contributed by atoms with Gasteiger partial charge in [-0.15, -0.1) is 0 Å². The molecule has 3 rings (SSSR count). The van der Waals surface area contributed by atoms with E-state index >= 15 is 0 Å². The molecule has 2 heterocycles. The topological polar surface area (TPSA) is 53.1 Å². The lowest BCUT2D eigenvalue weighted by molar-refractivity contribution is -0.133. The van der Waals surface area contributed by atoms with Gasteiger partial charge in [-0.2, -0.15) is 0 Å². The first-order chi connectivity index (χ1) is 13.2. The molecule has 1 aromatic carbocycles. The van der Waals surface area contributed by atoms with Crippen molar-refractivity contribution in [2.45, 2.75) is 32.1 Å². The van der Waals surface area contributed by atoms with Crippen LogP contribution in [-0.2, 0) is 4.79 Å². The monoisotopic (exact) mass is 373 g/mol. The zero-order chi connectivity index (χ0) is 19.1. The van der Waals surface area contributed by atoms with E-state index in [1.807, 2.05) is 21.9 Å². The zero-order valence-electron chi connectivity index (χ0n) is 16.4. The lowest BCUT2D eigenvalue weighted by atomic mass is 10.1. The van der Waals surface area contributed by atoms with E-state index in [1.54, 1.807) is 19.2 Å². The van der Waals surface area contributed by atoms with Gasteiger partial charge in [0.2, 0.25) is 5.91 Å². The van der Waals surface area contributed by atoms with Crippen LogP contribution in [-0.4, -0.2) is 79.4 Å². The lowest BCUT2D eigenvalue weighted by Crippen LogP contribution is -2.51. The normalized spacial score (nSPS) is 18.9. The van der Waals surface area contributed by atoms with Crippen LogP contribution >= 0.6 is 0 Å². The number of ether oxygens (including phenoxy) is 1. The summed E-state index contributed by atoms with van der Waals surface area (Å²) in [4.78, 5) is 31.5. The predicted octanol–water partition coefficient (Wildman–Crippen LogP) is 2.25. The second kappa shape index (κ2) is 9.74. The van der Waals surface area contributed by atoms with E-state index in [-0.39, 0.29) is 11.8 Å². The highest BCUT2D eigenvalue weighted by molar-refractivity contribution is 5.97. The van der Waals surface area contributed by atoms with Crippen molar-refractivity contribution in [3.8, 4) is 5.75 Å². The van der Waals surface area contributed by atoms with Crippen molar-refractivity contribution in [2.75, 3.05) is 52.9 Å². The molecule has 2 aliphatic rings. The third-order valence-electron chi connectivity index (χ3n) is 5.60. The average Bonchev–Trinajstić information content (AvgIpc) is 3.00. The summed E-state index contributed by atoms with van der Waals surface area (Å²) in [5.41, 5.74) is 0.584. The van der Waals surface area contributed by atoms with E-state index in [1.165, 1.54) is 25.7 Å². The van der Waals surface area contributed by atoms with Crippen LogP contribution in [0.1, 0.15) is 42.5 Å². The third-order valence-corrected chi connectivity index (χ3v) is 5.60. The largest absolute Gasteiger partial charge is 0.496 e. The summed E-state index contributed by atoms with van der Waals surface area (Å²) in [6.45, 7) is 5.47. The van der Waals surface area contributed by atoms with Crippen LogP contribution in [0.3, 0.4) is 0 Å². The highest BCUT2D eigenvalue weighted by Gasteiger charge is 2.26. The summed E-state index contributed by atoms with van der Waals surface area (Å²) in [5, 5.41) is 0. The van der Waals surface area contributed by atoms with Crippen LogP contribution in [0.15, 0.2) is 24.3 Å². The Morgan fingerprint density at radius 2 is 1.52 bits per heavy atom. The Balaban J connectivity index is 1.46. The number of carbonyl (C=O) groups is 2. The zero-order valence-corrected chi connectivity index (χ0v) is 16.4. The molecule has 0 aromatic heterocycles. The van der Waals surface area contributed by atoms with Crippen molar-refractivity contribution < 1.29 is 14.3 Å². The molecule has 1 aromatic rings. The molecule has 0 atom stereocenters. The van der Waals surface area contributed by atoms with Gasteiger partial charge in [-0.3, -0.25) is 9.59 Å². The van der Waals surface area contributed by atoms with Gasteiger partial charge < -0.3 is 19.4 Å². The Hall–Kier alpha value is -2.08. The van der Waals surface area contributed by atoms with E-state index in [0.29, 0.717) is 43.9 Å². The van der Waals surface area contributed by atoms with Gasteiger partial charge in [-0.1, -0.05) is 25.0 Å². The maximum Gasteiger partial charge on any atom is 0.257 e. The number of benzene rings is 1. The van der Waals surface area contributed by atoms with Gasteiger partial charge in [0.1, 0.15) is 5.75 Å². The molecule has 0 saturated carbocycles. The van der Waals surface area contributed by atoms with Crippen LogP contribution in [0.25, 0.3) is 0 Å². The van der Waals surface area contributed by atoms with Gasteiger partial charge in [-0.25, -0.2) is 0 Å². The van der Waals surface area contributed by atoms with E-state index in [9.17, 15) is 9.59 Å². The van der Waals surface area contributed by atoms with Gasteiger partial charge in [0.05, 0.1) is 12.7 Å². The molecular weight excluding hydrogens is 342 g/mol. The minimum Gasteiger partial charge on any atom is -0.496 e. The Bertz CT molecular complexity index is 633. The van der Waals surface area contributed by atoms with Gasteiger partial charge >= 0.3 is 0 Å². The summed E-state index contributed by atoms with van der Waals surface area (Å²) in [6, 6.07) is 7.30. The van der Waals surface area contributed by atoms with E-state index in [4.69, 9.17) is 4.74 Å². The number of likely N-dealkylation sites (tertiary alicyclic amines) is 1. The van der Waals surface area contributed by atoms with Gasteiger partial charge in [0.15, 0.2) is 0 Å². The Morgan fingerprint density at radius 1 is 0.889 bits per heavy atom. The lowest BCUT2D eigenvalue weighted by Gasteiger charge is -2.35. The molecule has 27 heavy (non-hydrogen) atoms. The quantitative estimate of drug-likeness (QED) is 0.794. The van der Waals surface area contributed by atoms with Gasteiger partial charge in [-0.05, 0) is 38.1 Å². The number of amides is 2. The fourth-order valence-corrected chi connectivity index (χ4v) is 3.92. The molecule has 2 aliphatic heterocycles. The van der Waals surface area contributed by atoms with E-state index in [2.05, 4.69) is 4.90 Å². The maximum absolute atomic E-state index is 12.8. The molecule has 0 radical (unpaired) electrons. The fourth-order valence-electron chi connectivity index (χ4n) is 3.92. The molecule has 0 unspecified atom stereocenters. The number of hydrogen-bond donors (Lipinski definition) is 0. The highest BCUT2D eigenvalue weighted by atomic mass is 16.5. The van der Waals surface area contributed by atoms with Gasteiger partial charge in [0.25, 0.3) is 5.91 Å². The molecule has 0 bridgehead atoms. The first kappa shape index (κ1) is 19.7. The number of methoxy groups -OCH3 is 1. The Morgan fingerprint density at radius 3 is 2.19 bits per heavy atom. The molecule has 148 valence electrons. The number of carbonyl (C=O) groups excluding carboxylic acids is 2. The minimum absolute atomic E-state index is 0.0240. The summed E-state index contributed by atoms with van der Waals surface area (Å²) >= 11 is 0. The summed E-state index contributed by atoms with van der Waals surface area (Å²) in [7, 11) is 1.58. The van der Waals surface area contributed by atoms with Crippen molar-refractivity contribution in [1.82, 2.24) is 14.7 Å². The molecule has 0 aliphatic carbocycles. The number of nitrogens with zero attached hydrogens (tertiary/aromatic N) is 3. The summed E-state index contributed by atoms with van der Waals surface area (Å²) in [6.07, 6.45) is 5.70. The molecular formula is C21H31N3O3. The second-order valence-electron chi connectivity index (χ2n) is 7.38. The van der Waals surface area contributed by atoms with E-state index in [0.717, 1.165) is 19.6 Å². The number of hydrogen-bond acceptors (Lipinski definition) is 4. The molecule has 0 spiro atoms. The number of rotatable bonds is 5. The molecule has 2 amide bonds. The highest BCUT2D eigenvalue weighted by Crippen LogP contribution is 2.20. The van der Waals surface area contributed by atoms with Crippen LogP contribution in [0.2, 0.25) is 0 Å². The number of piperazine rings is 1. The van der Waals surface area contributed by atoms with Crippen LogP contribution < -0.4 is 4.74 Å². The summed E-state index contributed by atoms with van der Waals surface area (Å²) < 4.78 is 5.30. The SMILES string of the molecule is COc1ccccc1C(=O)N1CCN(C(=O)CCN2CCCCCC2)CC1. The van der Waals surface area contributed by atoms with Crippen LogP contribution in [0.4, 0.5) is 0 Å². The first-order valence-corrected chi connectivity index (χ1v) is 10.1. The third kappa shape index (κ3) is 5.22. The molecule has 0 N–H and O–H groups in total. The first-order valence-electron chi connectivity index (χ1n) is 10.1. The van der Waals surface area contributed by atoms with Crippen molar-refractivity contribution >= 4 is 11.8 Å². The second-order valence-corrected chi connectivity index (χ2v) is 7.38. The molecule has 6 nitrogen and oxygen atoms in total. The standard InChI is InChI=1S/C21H31N3O3/c1-27-19-9-5-4-8-18(19)21(26)24-16-14-23(15-17-24)20(25)10-13-22-11-6-2-3-7-12-22/h4-5,8-9H,2-3,6-7,10-17H2,1H3. The van der Waals surface area contributed by atoms with Crippen molar-refractivity contribution in [3.05, 3.63) is 29.8 Å². The predicted molar refractivity (Wildman–Crippen MR) is 105 cm³/mol. The fraction of sp³-hybridized carbons (Fsp3) is 0.619. The number of para-hydroxylation sites is 1. The average molecular weight is 373 g/mol. The van der Waals surface area contributed by atoms with Crippen LogP contribution in [0, 0.1) is 0 Å². The summed E-state index contributed by atoms with van der Waals surface area (Å²) in [5.74, 6) is 0.784. The maximum atomic E-state index is 12.8. The van der Waals surface area contributed by atoms with Crippen LogP contribution in [0.5, 0.6) is 5.75 Å². The Kier molecular flexibility index (Phi) is 7.10. The van der Waals surface area contributed by atoms with Crippen molar-refractivity contribution in [2.24, 2.45) is 0 Å². The Labute approximate surface area is 162 Å². The molecule has 2 saturated heterocycles. The minimum atomic E-state index is -0.0240. The molecule has 6 heteroatoms. The molecule has 2 fully saturated rings. The van der Waals surface area contributed by atoms with Gasteiger partial charge in [0, 0.05) is 39.1 Å². The van der Waals surface area contributed by atoms with Crippen molar-refractivity contribution in [1.29, 1.82) is 0 Å². The van der Waals surface area contributed by atoms with E-state index < -0.39 is 0 Å².